The molecule has 0 saturated heterocycles. The molecule has 5 heteroatoms. The van der Waals surface area contributed by atoms with Crippen LogP contribution in [0, 0.1) is 11.6 Å². The van der Waals surface area contributed by atoms with E-state index in [9.17, 15) is 8.78 Å². The minimum atomic E-state index is -0.542. The summed E-state index contributed by atoms with van der Waals surface area (Å²) in [5, 5.41) is 3.14. The van der Waals surface area contributed by atoms with Crippen molar-refractivity contribution < 1.29 is 8.78 Å². The molecule has 0 spiro atoms. The van der Waals surface area contributed by atoms with E-state index in [0.29, 0.717) is 18.5 Å². The summed E-state index contributed by atoms with van der Waals surface area (Å²) in [6.45, 7) is 3.44. The van der Waals surface area contributed by atoms with E-state index in [0.717, 1.165) is 18.6 Å². The van der Waals surface area contributed by atoms with E-state index in [4.69, 9.17) is 0 Å². The monoisotopic (exact) mass is 251 g/mol. The molecule has 0 aliphatic heterocycles. The van der Waals surface area contributed by atoms with Gasteiger partial charge in [-0.15, -0.1) is 0 Å². The fraction of sp³-hybridized carbons (Fsp3) is 0.308. The predicted octanol–water partition coefficient (Wildman–Crippen LogP) is 2.84. The van der Waals surface area contributed by atoms with Crippen LogP contribution in [0.2, 0.25) is 0 Å². The highest BCUT2D eigenvalue weighted by atomic mass is 19.1. The van der Waals surface area contributed by atoms with Crippen LogP contribution in [-0.4, -0.2) is 16.1 Å². The van der Waals surface area contributed by atoms with Crippen LogP contribution in [0.5, 0.6) is 0 Å². The van der Waals surface area contributed by atoms with Gasteiger partial charge in [0, 0.05) is 31.5 Å². The summed E-state index contributed by atoms with van der Waals surface area (Å²) >= 11 is 0. The Morgan fingerprint density at radius 1 is 1.22 bits per heavy atom. The summed E-state index contributed by atoms with van der Waals surface area (Å²) in [5.74, 6) is -0.311. The third-order valence-corrected chi connectivity index (χ3v) is 2.68. The summed E-state index contributed by atoms with van der Waals surface area (Å²) in [4.78, 5) is 4.16. The third-order valence-electron chi connectivity index (χ3n) is 2.68. The van der Waals surface area contributed by atoms with E-state index in [1.54, 1.807) is 6.20 Å². The summed E-state index contributed by atoms with van der Waals surface area (Å²) < 4.78 is 27.9. The first kappa shape index (κ1) is 12.5. The van der Waals surface area contributed by atoms with Gasteiger partial charge < -0.3 is 9.88 Å². The Morgan fingerprint density at radius 2 is 1.94 bits per heavy atom. The SMILES string of the molecule is CCn1ccnc1NCCc1cc(F)cc(F)c1. The van der Waals surface area contributed by atoms with Crippen molar-refractivity contribution in [1.82, 2.24) is 9.55 Å². The molecule has 0 aliphatic carbocycles. The maximum Gasteiger partial charge on any atom is 0.202 e. The highest BCUT2D eigenvalue weighted by Gasteiger charge is 2.02. The van der Waals surface area contributed by atoms with Gasteiger partial charge in [0.1, 0.15) is 11.6 Å². The number of rotatable bonds is 5. The lowest BCUT2D eigenvalue weighted by molar-refractivity contribution is 0.580. The average Bonchev–Trinajstić information content (AvgIpc) is 2.75. The van der Waals surface area contributed by atoms with Crippen LogP contribution in [-0.2, 0) is 13.0 Å². The Kier molecular flexibility index (Phi) is 3.92. The Bertz CT molecular complexity index is 502. The van der Waals surface area contributed by atoms with Crippen LogP contribution < -0.4 is 5.32 Å². The first-order chi connectivity index (χ1) is 8.69. The van der Waals surface area contributed by atoms with E-state index in [1.165, 1.54) is 12.1 Å². The van der Waals surface area contributed by atoms with Gasteiger partial charge >= 0.3 is 0 Å². The summed E-state index contributed by atoms with van der Waals surface area (Å²) in [6, 6.07) is 3.56. The Balaban J connectivity index is 1.92. The largest absolute Gasteiger partial charge is 0.355 e. The number of imidazole rings is 1. The molecular weight excluding hydrogens is 236 g/mol. The van der Waals surface area contributed by atoms with Crippen LogP contribution in [0.25, 0.3) is 0 Å². The molecule has 1 N–H and O–H groups in total. The normalized spacial score (nSPS) is 10.6. The van der Waals surface area contributed by atoms with Gasteiger partial charge in [-0.25, -0.2) is 13.8 Å². The molecule has 0 saturated carbocycles. The van der Waals surface area contributed by atoms with Crippen molar-refractivity contribution in [3.05, 3.63) is 47.8 Å². The minimum absolute atomic E-state index is 0.542. The lowest BCUT2D eigenvalue weighted by atomic mass is 10.1. The molecule has 18 heavy (non-hydrogen) atoms. The predicted molar refractivity (Wildman–Crippen MR) is 66.5 cm³/mol. The molecule has 0 bridgehead atoms. The number of anilines is 1. The first-order valence-corrected chi connectivity index (χ1v) is 5.89. The first-order valence-electron chi connectivity index (χ1n) is 5.89. The second kappa shape index (κ2) is 5.62. The summed E-state index contributed by atoms with van der Waals surface area (Å²) in [6.07, 6.45) is 4.14. The van der Waals surface area contributed by atoms with Gasteiger partial charge in [0.15, 0.2) is 0 Å². The molecule has 0 aliphatic rings. The fourth-order valence-electron chi connectivity index (χ4n) is 1.81. The molecule has 0 radical (unpaired) electrons. The molecule has 2 rings (SSSR count). The maximum atomic E-state index is 13.0. The average molecular weight is 251 g/mol. The van der Waals surface area contributed by atoms with Crippen LogP contribution in [0.4, 0.5) is 14.7 Å². The van der Waals surface area contributed by atoms with Gasteiger partial charge in [-0.3, -0.25) is 0 Å². The molecule has 96 valence electrons. The van der Waals surface area contributed by atoms with Gasteiger partial charge in [-0.1, -0.05) is 0 Å². The third kappa shape index (κ3) is 3.06. The van der Waals surface area contributed by atoms with Gasteiger partial charge in [0.25, 0.3) is 0 Å². The molecule has 3 nitrogen and oxygen atoms in total. The number of nitrogens with one attached hydrogen (secondary N) is 1. The Labute approximate surface area is 104 Å². The number of benzene rings is 1. The second-order valence-electron chi connectivity index (χ2n) is 3.99. The van der Waals surface area contributed by atoms with E-state index >= 15 is 0 Å². The molecule has 1 heterocycles. The highest BCUT2D eigenvalue weighted by molar-refractivity contribution is 5.27. The standard InChI is InChI=1S/C13H15F2N3/c1-2-18-6-5-17-13(18)16-4-3-10-7-11(14)9-12(15)8-10/h5-9H,2-4H2,1H3,(H,16,17). The quantitative estimate of drug-likeness (QED) is 0.885. The molecule has 0 unspecified atom stereocenters. The minimum Gasteiger partial charge on any atom is -0.355 e. The van der Waals surface area contributed by atoms with Crippen molar-refractivity contribution >= 4 is 5.95 Å². The van der Waals surface area contributed by atoms with Crippen LogP contribution in [0.15, 0.2) is 30.6 Å². The number of hydrogen-bond donors (Lipinski definition) is 1. The van der Waals surface area contributed by atoms with Gasteiger partial charge in [-0.2, -0.15) is 0 Å². The lowest BCUT2D eigenvalue weighted by Crippen LogP contribution is -2.10. The number of hydrogen-bond acceptors (Lipinski definition) is 2. The number of aromatic nitrogens is 2. The van der Waals surface area contributed by atoms with E-state index in [2.05, 4.69) is 10.3 Å². The Morgan fingerprint density at radius 3 is 2.61 bits per heavy atom. The van der Waals surface area contributed by atoms with Gasteiger partial charge in [-0.05, 0) is 31.0 Å². The zero-order chi connectivity index (χ0) is 13.0. The van der Waals surface area contributed by atoms with E-state index < -0.39 is 11.6 Å². The van der Waals surface area contributed by atoms with Crippen molar-refractivity contribution in [2.24, 2.45) is 0 Å². The van der Waals surface area contributed by atoms with Crippen molar-refractivity contribution in [2.45, 2.75) is 19.9 Å². The van der Waals surface area contributed by atoms with E-state index in [1.807, 2.05) is 17.7 Å². The number of aryl methyl sites for hydroxylation is 1. The number of halogens is 2. The zero-order valence-electron chi connectivity index (χ0n) is 10.2. The fourth-order valence-corrected chi connectivity index (χ4v) is 1.81. The van der Waals surface area contributed by atoms with Crippen molar-refractivity contribution in [2.75, 3.05) is 11.9 Å². The van der Waals surface area contributed by atoms with Gasteiger partial charge in [0.2, 0.25) is 5.95 Å². The zero-order valence-corrected chi connectivity index (χ0v) is 10.2. The van der Waals surface area contributed by atoms with Crippen molar-refractivity contribution in [3.63, 3.8) is 0 Å². The molecule has 2 aromatic rings. The summed E-state index contributed by atoms with van der Waals surface area (Å²) in [5.41, 5.74) is 0.634. The molecule has 0 fully saturated rings. The Hall–Kier alpha value is -1.91. The van der Waals surface area contributed by atoms with Crippen molar-refractivity contribution in [1.29, 1.82) is 0 Å². The topological polar surface area (TPSA) is 29.9 Å². The summed E-state index contributed by atoms with van der Waals surface area (Å²) in [7, 11) is 0. The molecule has 1 aromatic carbocycles. The highest BCUT2D eigenvalue weighted by Crippen LogP contribution is 2.09. The maximum absolute atomic E-state index is 13.0. The van der Waals surface area contributed by atoms with Crippen LogP contribution in [0.3, 0.4) is 0 Å². The molecule has 1 aromatic heterocycles. The van der Waals surface area contributed by atoms with Gasteiger partial charge in [0.05, 0.1) is 0 Å². The lowest BCUT2D eigenvalue weighted by Gasteiger charge is -2.08. The number of nitrogens with zero attached hydrogens (tertiary/aromatic N) is 2. The van der Waals surface area contributed by atoms with Crippen LogP contribution in [0.1, 0.15) is 12.5 Å². The smallest absolute Gasteiger partial charge is 0.202 e. The second-order valence-corrected chi connectivity index (χ2v) is 3.99. The molecule has 0 atom stereocenters. The molecule has 0 amide bonds. The van der Waals surface area contributed by atoms with Crippen molar-refractivity contribution in [3.8, 4) is 0 Å². The van der Waals surface area contributed by atoms with Crippen LogP contribution >= 0.6 is 0 Å². The molecular formula is C13H15F2N3. The van der Waals surface area contributed by atoms with E-state index in [-0.39, 0.29) is 0 Å².